The van der Waals surface area contributed by atoms with Gasteiger partial charge in [-0.3, -0.25) is 4.98 Å². The fourth-order valence-corrected chi connectivity index (χ4v) is 5.15. The highest BCUT2D eigenvalue weighted by molar-refractivity contribution is 7.90. The molecule has 2 heterocycles. The van der Waals surface area contributed by atoms with Crippen LogP contribution in [0.3, 0.4) is 0 Å². The number of hydrogen-bond acceptors (Lipinski definition) is 6. The molecule has 154 valence electrons. The van der Waals surface area contributed by atoms with E-state index in [1.165, 1.54) is 5.56 Å². The zero-order chi connectivity index (χ0) is 20.3. The van der Waals surface area contributed by atoms with E-state index in [0.717, 1.165) is 47.1 Å². The molecule has 0 unspecified atom stereocenters. The molecule has 1 fully saturated rings. The number of rotatable bonds is 7. The molecule has 2 aromatic heterocycles. The second-order valence-corrected chi connectivity index (χ2v) is 11.5. The zero-order valence-corrected chi connectivity index (χ0v) is 18.7. The van der Waals surface area contributed by atoms with Crippen molar-refractivity contribution in [3.63, 3.8) is 0 Å². The third kappa shape index (κ3) is 5.30. The Kier molecular flexibility index (Phi) is 6.73. The van der Waals surface area contributed by atoms with Gasteiger partial charge in [-0.1, -0.05) is 0 Å². The number of nitrogens with zero attached hydrogens (tertiary/aromatic N) is 2. The fourth-order valence-electron chi connectivity index (χ4n) is 3.45. The molecule has 0 bridgehead atoms. The topological polar surface area (TPSA) is 84.0 Å². The maximum Gasteiger partial charge on any atom is 0.213 e. The van der Waals surface area contributed by atoms with E-state index in [2.05, 4.69) is 34.9 Å². The van der Waals surface area contributed by atoms with Gasteiger partial charge in [0.05, 0.1) is 10.9 Å². The minimum Gasteiger partial charge on any atom is -0.359 e. The Bertz CT molecular complexity index is 901. The highest BCUT2D eigenvalue weighted by atomic mass is 32.2. The number of nitrogens with one attached hydrogen (secondary N) is 2. The normalized spacial score (nSPS) is 20.5. The van der Waals surface area contributed by atoms with Crippen LogP contribution in [-0.4, -0.2) is 36.2 Å². The SMILES string of the molecule is Cc1ccnc(-c2nc(NC3CCC(CNS(=O)(=O)C(C)C)CC3)sc2C)c1. The largest absolute Gasteiger partial charge is 0.359 e. The third-order valence-electron chi connectivity index (χ3n) is 5.32. The van der Waals surface area contributed by atoms with Crippen molar-refractivity contribution >= 4 is 26.5 Å². The summed E-state index contributed by atoms with van der Waals surface area (Å²) in [6.45, 7) is 8.11. The summed E-state index contributed by atoms with van der Waals surface area (Å²) in [5.74, 6) is 0.414. The molecule has 1 saturated carbocycles. The van der Waals surface area contributed by atoms with Gasteiger partial charge in [0, 0.05) is 23.7 Å². The summed E-state index contributed by atoms with van der Waals surface area (Å²) in [7, 11) is -3.17. The molecule has 28 heavy (non-hydrogen) atoms. The Morgan fingerprint density at radius 3 is 2.57 bits per heavy atom. The van der Waals surface area contributed by atoms with E-state index in [0.29, 0.717) is 18.5 Å². The van der Waals surface area contributed by atoms with Gasteiger partial charge in [0.2, 0.25) is 10.0 Å². The van der Waals surface area contributed by atoms with E-state index in [4.69, 9.17) is 4.98 Å². The molecule has 0 spiro atoms. The number of pyridine rings is 1. The van der Waals surface area contributed by atoms with Crippen molar-refractivity contribution in [1.82, 2.24) is 14.7 Å². The Morgan fingerprint density at radius 2 is 1.93 bits per heavy atom. The van der Waals surface area contributed by atoms with Crippen molar-refractivity contribution in [3.8, 4) is 11.4 Å². The van der Waals surface area contributed by atoms with Gasteiger partial charge in [0.15, 0.2) is 5.13 Å². The first-order chi connectivity index (χ1) is 13.2. The third-order valence-corrected chi connectivity index (χ3v) is 8.04. The molecule has 6 nitrogen and oxygen atoms in total. The van der Waals surface area contributed by atoms with E-state index in [1.807, 2.05) is 12.3 Å². The van der Waals surface area contributed by atoms with Gasteiger partial charge in [0.25, 0.3) is 0 Å². The quantitative estimate of drug-likeness (QED) is 0.701. The van der Waals surface area contributed by atoms with Gasteiger partial charge in [-0.15, -0.1) is 11.3 Å². The molecule has 2 aromatic rings. The Balaban J connectivity index is 1.53. The summed E-state index contributed by atoms with van der Waals surface area (Å²) in [6.07, 6.45) is 5.94. The molecule has 0 saturated heterocycles. The van der Waals surface area contributed by atoms with Gasteiger partial charge in [0.1, 0.15) is 5.69 Å². The molecule has 8 heteroatoms. The van der Waals surface area contributed by atoms with Crippen LogP contribution in [0.2, 0.25) is 0 Å². The summed E-state index contributed by atoms with van der Waals surface area (Å²) < 4.78 is 26.6. The van der Waals surface area contributed by atoms with Gasteiger partial charge in [-0.05, 0) is 77.0 Å². The van der Waals surface area contributed by atoms with Gasteiger partial charge < -0.3 is 5.32 Å². The van der Waals surface area contributed by atoms with Gasteiger partial charge in [-0.2, -0.15) is 0 Å². The lowest BCUT2D eigenvalue weighted by Crippen LogP contribution is -2.37. The minimum atomic E-state index is -3.17. The van der Waals surface area contributed by atoms with Crippen molar-refractivity contribution in [1.29, 1.82) is 0 Å². The maximum atomic E-state index is 11.9. The van der Waals surface area contributed by atoms with E-state index >= 15 is 0 Å². The molecule has 2 N–H and O–H groups in total. The summed E-state index contributed by atoms with van der Waals surface area (Å²) in [5.41, 5.74) is 3.05. The maximum absolute atomic E-state index is 11.9. The molecule has 1 aliphatic carbocycles. The lowest BCUT2D eigenvalue weighted by molar-refractivity contribution is 0.337. The minimum absolute atomic E-state index is 0.379. The molecular weight excluding hydrogens is 392 g/mol. The molecule has 0 aromatic carbocycles. The van der Waals surface area contributed by atoms with Crippen molar-refractivity contribution in [2.24, 2.45) is 5.92 Å². The Morgan fingerprint density at radius 1 is 1.21 bits per heavy atom. The predicted octanol–water partition coefficient (Wildman–Crippen LogP) is 4.12. The summed E-state index contributed by atoms with van der Waals surface area (Å²) in [5, 5.41) is 4.14. The number of aromatic nitrogens is 2. The Labute approximate surface area is 172 Å². The van der Waals surface area contributed by atoms with Crippen LogP contribution in [0.5, 0.6) is 0 Å². The average molecular weight is 423 g/mol. The summed E-state index contributed by atoms with van der Waals surface area (Å²) >= 11 is 1.67. The standard InChI is InChI=1S/C20H30N4O2S2/c1-13(2)28(25,26)22-12-16-5-7-17(8-6-16)23-20-24-19(15(4)27-20)18-11-14(3)9-10-21-18/h9-11,13,16-17,22H,5-8,12H2,1-4H3,(H,23,24). The number of sulfonamides is 1. The molecule has 0 radical (unpaired) electrons. The number of hydrogen-bond donors (Lipinski definition) is 2. The second kappa shape index (κ2) is 8.88. The fraction of sp³-hybridized carbons (Fsp3) is 0.600. The van der Waals surface area contributed by atoms with Crippen molar-refractivity contribution in [3.05, 3.63) is 28.8 Å². The molecule has 0 atom stereocenters. The molecule has 0 aliphatic heterocycles. The van der Waals surface area contributed by atoms with Crippen molar-refractivity contribution in [2.45, 2.75) is 64.7 Å². The molecule has 3 rings (SSSR count). The zero-order valence-electron chi connectivity index (χ0n) is 17.0. The van der Waals surface area contributed by atoms with Crippen LogP contribution in [0.4, 0.5) is 5.13 Å². The molecule has 1 aliphatic rings. The second-order valence-electron chi connectivity index (χ2n) is 7.95. The molecular formula is C20H30N4O2S2. The summed E-state index contributed by atoms with van der Waals surface area (Å²) in [4.78, 5) is 10.4. The van der Waals surface area contributed by atoms with Crippen molar-refractivity contribution in [2.75, 3.05) is 11.9 Å². The number of thiazole rings is 1. The van der Waals surface area contributed by atoms with Crippen LogP contribution in [0.1, 0.15) is 50.0 Å². The lowest BCUT2D eigenvalue weighted by atomic mass is 9.86. The van der Waals surface area contributed by atoms with Crippen LogP contribution < -0.4 is 10.0 Å². The first kappa shape index (κ1) is 21.2. The van der Waals surface area contributed by atoms with E-state index < -0.39 is 10.0 Å². The Hall–Kier alpha value is -1.51. The highest BCUT2D eigenvalue weighted by Gasteiger charge is 2.24. The van der Waals surface area contributed by atoms with Gasteiger partial charge >= 0.3 is 0 Å². The van der Waals surface area contributed by atoms with Crippen LogP contribution in [-0.2, 0) is 10.0 Å². The monoisotopic (exact) mass is 422 g/mol. The predicted molar refractivity (Wildman–Crippen MR) is 116 cm³/mol. The van der Waals surface area contributed by atoms with Crippen LogP contribution in [0.15, 0.2) is 18.3 Å². The van der Waals surface area contributed by atoms with Crippen molar-refractivity contribution < 1.29 is 8.42 Å². The van der Waals surface area contributed by atoms with E-state index in [-0.39, 0.29) is 5.25 Å². The first-order valence-corrected chi connectivity index (χ1v) is 12.3. The highest BCUT2D eigenvalue weighted by Crippen LogP contribution is 2.32. The molecule has 0 amide bonds. The number of anilines is 1. The average Bonchev–Trinajstić information content (AvgIpc) is 3.01. The van der Waals surface area contributed by atoms with Crippen LogP contribution in [0.25, 0.3) is 11.4 Å². The smallest absolute Gasteiger partial charge is 0.213 e. The summed E-state index contributed by atoms with van der Waals surface area (Å²) in [6, 6.07) is 4.45. The number of aryl methyl sites for hydroxylation is 2. The van der Waals surface area contributed by atoms with Crippen LogP contribution >= 0.6 is 11.3 Å². The van der Waals surface area contributed by atoms with Crippen LogP contribution in [0, 0.1) is 19.8 Å². The first-order valence-electron chi connectivity index (χ1n) is 9.90. The van der Waals surface area contributed by atoms with Gasteiger partial charge in [-0.25, -0.2) is 18.1 Å². The lowest BCUT2D eigenvalue weighted by Gasteiger charge is -2.29. The van der Waals surface area contributed by atoms with E-state index in [1.54, 1.807) is 25.2 Å². The van der Waals surface area contributed by atoms with E-state index in [9.17, 15) is 8.42 Å².